The van der Waals surface area contributed by atoms with Gasteiger partial charge in [0.2, 0.25) is 0 Å². The number of anilines is 2. The molecule has 0 unspecified atom stereocenters. The average Bonchev–Trinajstić information content (AvgIpc) is 3.89. The van der Waals surface area contributed by atoms with Crippen molar-refractivity contribution in [3.8, 4) is 33.6 Å². The summed E-state index contributed by atoms with van der Waals surface area (Å²) in [4.78, 5) is 0. The zero-order chi connectivity index (χ0) is 43.0. The smallest absolute Gasteiger partial charge is 0.0649 e. The number of rotatable bonds is 7. The van der Waals surface area contributed by atoms with Crippen LogP contribution in [0, 0.1) is 5.41 Å². The molecule has 2 heterocycles. The Morgan fingerprint density at radius 1 is 0.323 bits per heavy atom. The van der Waals surface area contributed by atoms with Crippen LogP contribution in [-0.4, -0.2) is 15.3 Å². The van der Waals surface area contributed by atoms with E-state index < -0.39 is 0 Å². The van der Waals surface area contributed by atoms with E-state index >= 15 is 0 Å². The first-order chi connectivity index (χ1) is 32.2. The highest BCUT2D eigenvalue weighted by Crippen LogP contribution is 2.42. The first-order valence-electron chi connectivity index (χ1n) is 22.2. The molecule has 0 saturated heterocycles. The lowest BCUT2D eigenvalue weighted by molar-refractivity contribution is 1.18. The van der Waals surface area contributed by atoms with Crippen LogP contribution in [-0.2, 0) is 0 Å². The monoisotopic (exact) mass is 828 g/mol. The summed E-state index contributed by atoms with van der Waals surface area (Å²) < 4.78 is 4.70. The van der Waals surface area contributed by atoms with Gasteiger partial charge in [0, 0.05) is 56.1 Å². The number of nitrogens with one attached hydrogen (secondary N) is 2. The zero-order valence-electron chi connectivity index (χ0n) is 35.3. The maximum absolute atomic E-state index is 8.89. The highest BCUT2D eigenvalue weighted by molar-refractivity contribution is 6.26. The summed E-state index contributed by atoms with van der Waals surface area (Å²) in [6, 6.07) is 80.9. The van der Waals surface area contributed by atoms with E-state index in [9.17, 15) is 0 Å². The third-order valence-corrected chi connectivity index (χ3v) is 13.4. The summed E-state index contributed by atoms with van der Waals surface area (Å²) in [5.41, 5.74) is 14.0. The molecule has 2 N–H and O–H groups in total. The molecule has 0 aliphatic carbocycles. The van der Waals surface area contributed by atoms with Gasteiger partial charge in [-0.25, -0.2) is 0 Å². The van der Waals surface area contributed by atoms with Crippen molar-refractivity contribution < 1.29 is 0 Å². The van der Waals surface area contributed by atoms with Crippen molar-refractivity contribution in [3.05, 3.63) is 230 Å². The largest absolute Gasteiger partial charge is 0.355 e. The molecule has 0 atom stereocenters. The maximum Gasteiger partial charge on any atom is 0.0649 e. The molecule has 4 heteroatoms. The molecule has 304 valence electrons. The molecule has 0 amide bonds. The quantitative estimate of drug-likeness (QED) is 0.122. The summed E-state index contributed by atoms with van der Waals surface area (Å²) >= 11 is 0. The molecule has 0 spiro atoms. The SMILES string of the molecule is N=Cc1c(Nc2ccccc2)ccc2c3cc(-c4ccc5c(c4)c4ccccc4n5-c4ccccc4)ccc3n(-c3ccc(-c4ccc5c6ccccc6c6ccccc6c5c4)cc3)c12. The number of nitrogens with zero attached hydrogens (tertiary/aromatic N) is 2. The van der Waals surface area contributed by atoms with Gasteiger partial charge in [-0.05, 0) is 133 Å². The van der Waals surface area contributed by atoms with Crippen LogP contribution in [0.3, 0.4) is 0 Å². The van der Waals surface area contributed by atoms with Gasteiger partial charge in [0.1, 0.15) is 0 Å². The lowest BCUT2D eigenvalue weighted by Crippen LogP contribution is -2.00. The maximum atomic E-state index is 8.89. The molecule has 0 bridgehead atoms. The summed E-state index contributed by atoms with van der Waals surface area (Å²) in [7, 11) is 0. The molecule has 13 aromatic rings. The topological polar surface area (TPSA) is 45.7 Å². The van der Waals surface area contributed by atoms with E-state index in [1.54, 1.807) is 0 Å². The average molecular weight is 829 g/mol. The Kier molecular flexibility index (Phi) is 8.33. The Morgan fingerprint density at radius 3 is 1.43 bits per heavy atom. The molecular formula is C61H40N4. The summed E-state index contributed by atoms with van der Waals surface area (Å²) in [6.45, 7) is 0. The van der Waals surface area contributed by atoms with Gasteiger partial charge < -0.3 is 19.9 Å². The fourth-order valence-electron chi connectivity index (χ4n) is 10.4. The van der Waals surface area contributed by atoms with Crippen LogP contribution in [0.5, 0.6) is 0 Å². The second kappa shape index (κ2) is 14.7. The van der Waals surface area contributed by atoms with Crippen molar-refractivity contribution in [1.29, 1.82) is 5.41 Å². The molecule has 0 fully saturated rings. The summed E-state index contributed by atoms with van der Waals surface area (Å²) in [5.74, 6) is 0. The van der Waals surface area contributed by atoms with Gasteiger partial charge >= 0.3 is 0 Å². The van der Waals surface area contributed by atoms with E-state index in [0.717, 1.165) is 66.8 Å². The van der Waals surface area contributed by atoms with Crippen molar-refractivity contribution in [2.75, 3.05) is 5.32 Å². The summed E-state index contributed by atoms with van der Waals surface area (Å²) in [5, 5.41) is 24.8. The molecular weight excluding hydrogens is 789 g/mol. The van der Waals surface area contributed by atoms with Gasteiger partial charge in [-0.15, -0.1) is 0 Å². The van der Waals surface area contributed by atoms with E-state index in [-0.39, 0.29) is 0 Å². The predicted molar refractivity (Wildman–Crippen MR) is 276 cm³/mol. The van der Waals surface area contributed by atoms with E-state index in [0.29, 0.717) is 0 Å². The minimum absolute atomic E-state index is 0.831. The fraction of sp³-hybridized carbons (Fsp3) is 0. The van der Waals surface area contributed by atoms with Crippen LogP contribution >= 0.6 is 0 Å². The number of hydrogen-bond donors (Lipinski definition) is 2. The molecule has 0 radical (unpaired) electrons. The van der Waals surface area contributed by atoms with Gasteiger partial charge in [-0.3, -0.25) is 0 Å². The Hall–Kier alpha value is -8.73. The number of hydrogen-bond acceptors (Lipinski definition) is 2. The second-order valence-electron chi connectivity index (χ2n) is 16.9. The molecule has 0 saturated carbocycles. The van der Waals surface area contributed by atoms with Crippen LogP contribution in [0.25, 0.3) is 110 Å². The Morgan fingerprint density at radius 2 is 0.769 bits per heavy atom. The standard InChI is InChI=1S/C61H40N4/c62-38-56-57(63-43-13-3-1-4-14-43)32-31-52-55-37-42(41-26-33-59-54(36-41)51-21-11-12-22-58(51)64(59)44-15-5-2-6-16-44)27-34-60(55)65(61(52)56)45-28-23-39(24-29-45)40-25-30-50-48-19-8-7-17-46(48)47-18-9-10-20-49(47)53(50)35-40/h1-38,62-63H. The molecule has 0 aliphatic rings. The minimum atomic E-state index is 0.831. The zero-order valence-corrected chi connectivity index (χ0v) is 35.3. The summed E-state index contributed by atoms with van der Waals surface area (Å²) in [6.07, 6.45) is 1.50. The lowest BCUT2D eigenvalue weighted by atomic mass is 9.92. The number of benzene rings is 11. The van der Waals surface area contributed by atoms with Gasteiger partial charge in [-0.1, -0.05) is 146 Å². The van der Waals surface area contributed by atoms with E-state index in [2.05, 4.69) is 221 Å². The van der Waals surface area contributed by atoms with Crippen molar-refractivity contribution in [2.24, 2.45) is 0 Å². The second-order valence-corrected chi connectivity index (χ2v) is 16.9. The van der Waals surface area contributed by atoms with Crippen molar-refractivity contribution >= 4 is 93.5 Å². The molecule has 0 aliphatic heterocycles. The Bertz CT molecular complexity index is 3990. The molecule has 65 heavy (non-hydrogen) atoms. The number of para-hydroxylation sites is 3. The predicted octanol–water partition coefficient (Wildman–Crippen LogP) is 16.4. The lowest BCUT2D eigenvalue weighted by Gasteiger charge is -2.15. The fourth-order valence-corrected chi connectivity index (χ4v) is 10.4. The van der Waals surface area contributed by atoms with Gasteiger partial charge in [0.25, 0.3) is 0 Å². The Labute approximate surface area is 375 Å². The molecule has 2 aromatic heterocycles. The Balaban J connectivity index is 0.975. The van der Waals surface area contributed by atoms with Crippen molar-refractivity contribution in [3.63, 3.8) is 0 Å². The van der Waals surface area contributed by atoms with Gasteiger partial charge in [0.15, 0.2) is 0 Å². The highest BCUT2D eigenvalue weighted by atomic mass is 15.0. The number of fused-ring (bicyclic) bond motifs is 12. The van der Waals surface area contributed by atoms with Gasteiger partial charge in [0.05, 0.1) is 22.1 Å². The van der Waals surface area contributed by atoms with E-state index in [4.69, 9.17) is 5.41 Å². The van der Waals surface area contributed by atoms with E-state index in [1.165, 1.54) is 65.9 Å². The van der Waals surface area contributed by atoms with Crippen molar-refractivity contribution in [1.82, 2.24) is 9.13 Å². The highest BCUT2D eigenvalue weighted by Gasteiger charge is 2.20. The van der Waals surface area contributed by atoms with Crippen molar-refractivity contribution in [2.45, 2.75) is 0 Å². The molecule has 4 nitrogen and oxygen atoms in total. The molecule has 13 rings (SSSR count). The molecule has 11 aromatic carbocycles. The van der Waals surface area contributed by atoms with Crippen LogP contribution in [0.15, 0.2) is 224 Å². The van der Waals surface area contributed by atoms with Crippen LogP contribution < -0.4 is 5.32 Å². The van der Waals surface area contributed by atoms with Crippen LogP contribution in [0.1, 0.15) is 5.56 Å². The normalized spacial score (nSPS) is 11.8. The van der Waals surface area contributed by atoms with Crippen LogP contribution in [0.2, 0.25) is 0 Å². The van der Waals surface area contributed by atoms with E-state index in [1.807, 2.05) is 18.2 Å². The first-order valence-corrected chi connectivity index (χ1v) is 22.2. The van der Waals surface area contributed by atoms with Crippen LogP contribution in [0.4, 0.5) is 11.4 Å². The number of aromatic nitrogens is 2. The van der Waals surface area contributed by atoms with Gasteiger partial charge in [-0.2, -0.15) is 0 Å². The first kappa shape index (κ1) is 36.9. The minimum Gasteiger partial charge on any atom is -0.355 e. The third-order valence-electron chi connectivity index (χ3n) is 13.4. The third kappa shape index (κ3) is 5.81.